The number of piperazine rings is 1. The number of imidazole rings is 1. The second-order valence-electron chi connectivity index (χ2n) is 8.57. The number of rotatable bonds is 3. The van der Waals surface area contributed by atoms with E-state index in [1.807, 2.05) is 52.8 Å². The number of benzene rings is 1. The number of pyridine rings is 1. The number of aryl methyl sites for hydroxylation is 1. The molecule has 2 fully saturated rings. The predicted octanol–water partition coefficient (Wildman–Crippen LogP) is 3.21. The van der Waals surface area contributed by atoms with E-state index in [2.05, 4.69) is 14.8 Å². The number of fused-ring (bicyclic) bond motifs is 1. The van der Waals surface area contributed by atoms with Crippen LogP contribution in [-0.2, 0) is 0 Å². The fourth-order valence-electron chi connectivity index (χ4n) is 4.85. The first-order valence-corrected chi connectivity index (χ1v) is 11.1. The van der Waals surface area contributed by atoms with Crippen LogP contribution < -0.4 is 4.90 Å². The normalized spacial score (nSPS) is 20.4. The number of piperidine rings is 1. The Labute approximate surface area is 181 Å². The maximum atomic E-state index is 13.2. The fraction of sp³-hybridized carbons (Fsp3) is 0.417. The van der Waals surface area contributed by atoms with E-state index < -0.39 is 0 Å². The molecule has 2 saturated heterocycles. The number of likely N-dealkylation sites (tertiary alicyclic amines) is 1. The zero-order chi connectivity index (χ0) is 21.4. The van der Waals surface area contributed by atoms with Crippen molar-refractivity contribution < 1.29 is 9.18 Å². The van der Waals surface area contributed by atoms with Gasteiger partial charge in [-0.2, -0.15) is 0 Å². The molecule has 0 radical (unpaired) electrons. The molecule has 0 spiro atoms. The highest BCUT2D eigenvalue weighted by Gasteiger charge is 2.31. The molecule has 0 aliphatic carbocycles. The number of carbonyl (C=O) groups is 1. The number of nitrogens with zero attached hydrogens (tertiary/aromatic N) is 5. The summed E-state index contributed by atoms with van der Waals surface area (Å²) in [4.78, 5) is 24.5. The predicted molar refractivity (Wildman–Crippen MR) is 119 cm³/mol. The Bertz CT molecular complexity index is 1070. The number of anilines is 1. The number of carbonyl (C=O) groups excluding carboxylic acids is 1. The first-order valence-electron chi connectivity index (χ1n) is 11.1. The quantitative estimate of drug-likeness (QED) is 0.652. The molecule has 3 aromatic rings. The lowest BCUT2D eigenvalue weighted by atomic mass is 10.0. The van der Waals surface area contributed by atoms with Gasteiger partial charge in [-0.15, -0.1) is 0 Å². The second-order valence-corrected chi connectivity index (χ2v) is 8.57. The van der Waals surface area contributed by atoms with Crippen LogP contribution in [0, 0.1) is 12.7 Å². The van der Waals surface area contributed by atoms with Crippen molar-refractivity contribution in [3.05, 3.63) is 65.9 Å². The Morgan fingerprint density at radius 1 is 1.03 bits per heavy atom. The molecule has 2 aliphatic rings. The summed E-state index contributed by atoms with van der Waals surface area (Å²) in [6.45, 7) is 7.31. The Balaban J connectivity index is 1.22. The van der Waals surface area contributed by atoms with Crippen LogP contribution >= 0.6 is 0 Å². The minimum atomic E-state index is -0.199. The molecular formula is C24H28FN5O. The fourth-order valence-corrected chi connectivity index (χ4v) is 4.85. The summed E-state index contributed by atoms with van der Waals surface area (Å²) in [6, 6.07) is 13.0. The van der Waals surface area contributed by atoms with Crippen LogP contribution in [0.2, 0.25) is 0 Å². The van der Waals surface area contributed by atoms with Crippen LogP contribution in [0.25, 0.3) is 5.65 Å². The summed E-state index contributed by atoms with van der Waals surface area (Å²) in [6.07, 6.45) is 3.99. The van der Waals surface area contributed by atoms with Crippen molar-refractivity contribution in [1.82, 2.24) is 19.2 Å². The van der Waals surface area contributed by atoms with E-state index in [-0.39, 0.29) is 11.7 Å². The molecular weight excluding hydrogens is 393 g/mol. The molecule has 1 aromatic carbocycles. The van der Waals surface area contributed by atoms with Crippen LogP contribution in [0.4, 0.5) is 10.1 Å². The molecule has 0 bridgehead atoms. The molecule has 0 N–H and O–H groups in total. The largest absolute Gasteiger partial charge is 0.369 e. The Hall–Kier alpha value is -2.93. The van der Waals surface area contributed by atoms with Crippen molar-refractivity contribution in [2.75, 3.05) is 44.2 Å². The zero-order valence-corrected chi connectivity index (χ0v) is 17.9. The van der Waals surface area contributed by atoms with E-state index in [9.17, 15) is 9.18 Å². The van der Waals surface area contributed by atoms with Gasteiger partial charge in [-0.3, -0.25) is 9.69 Å². The summed E-state index contributed by atoms with van der Waals surface area (Å²) < 4.78 is 15.2. The van der Waals surface area contributed by atoms with Gasteiger partial charge < -0.3 is 14.2 Å². The van der Waals surface area contributed by atoms with Gasteiger partial charge in [0, 0.05) is 62.9 Å². The van der Waals surface area contributed by atoms with Crippen LogP contribution in [-0.4, -0.2) is 70.4 Å². The van der Waals surface area contributed by atoms with Gasteiger partial charge in [-0.1, -0.05) is 6.07 Å². The van der Waals surface area contributed by atoms with Gasteiger partial charge in [0.05, 0.1) is 0 Å². The van der Waals surface area contributed by atoms with Crippen LogP contribution in [0.3, 0.4) is 0 Å². The lowest BCUT2D eigenvalue weighted by molar-refractivity contribution is 0.0559. The van der Waals surface area contributed by atoms with Gasteiger partial charge in [-0.25, -0.2) is 9.37 Å². The van der Waals surface area contributed by atoms with E-state index >= 15 is 0 Å². The van der Waals surface area contributed by atoms with Crippen LogP contribution in [0.15, 0.2) is 48.7 Å². The van der Waals surface area contributed by atoms with Crippen molar-refractivity contribution in [2.45, 2.75) is 25.8 Å². The van der Waals surface area contributed by atoms with E-state index in [4.69, 9.17) is 0 Å². The highest BCUT2D eigenvalue weighted by atomic mass is 19.1. The molecule has 4 heterocycles. The number of hydrogen-bond donors (Lipinski definition) is 0. The maximum absolute atomic E-state index is 13.2. The van der Waals surface area contributed by atoms with Crippen molar-refractivity contribution in [3.8, 4) is 0 Å². The number of hydrogen-bond acceptors (Lipinski definition) is 4. The first-order chi connectivity index (χ1) is 15.1. The molecule has 2 aromatic heterocycles. The minimum absolute atomic E-state index is 0.0257. The van der Waals surface area contributed by atoms with E-state index in [1.54, 1.807) is 0 Å². The summed E-state index contributed by atoms with van der Waals surface area (Å²) in [5, 5.41) is 0. The van der Waals surface area contributed by atoms with Gasteiger partial charge in [0.15, 0.2) is 0 Å². The third-order valence-corrected chi connectivity index (χ3v) is 6.62. The van der Waals surface area contributed by atoms with Gasteiger partial charge in [0.25, 0.3) is 5.91 Å². The minimum Gasteiger partial charge on any atom is -0.369 e. The number of halogens is 1. The monoisotopic (exact) mass is 421 g/mol. The number of aromatic nitrogens is 2. The molecule has 1 amide bonds. The highest BCUT2D eigenvalue weighted by Crippen LogP contribution is 2.22. The lowest BCUT2D eigenvalue weighted by Crippen LogP contribution is -2.55. The van der Waals surface area contributed by atoms with Gasteiger partial charge in [-0.05, 0) is 56.2 Å². The van der Waals surface area contributed by atoms with E-state index in [0.29, 0.717) is 11.7 Å². The average Bonchev–Trinajstić information content (AvgIpc) is 3.25. The summed E-state index contributed by atoms with van der Waals surface area (Å²) >= 11 is 0. The van der Waals surface area contributed by atoms with Crippen molar-refractivity contribution >= 4 is 17.2 Å². The van der Waals surface area contributed by atoms with Crippen molar-refractivity contribution in [1.29, 1.82) is 0 Å². The average molecular weight is 422 g/mol. The summed E-state index contributed by atoms with van der Waals surface area (Å²) in [5.41, 5.74) is 3.48. The molecule has 162 valence electrons. The van der Waals surface area contributed by atoms with Gasteiger partial charge >= 0.3 is 0 Å². The third-order valence-electron chi connectivity index (χ3n) is 6.62. The smallest absolute Gasteiger partial charge is 0.274 e. The molecule has 2 aliphatic heterocycles. The Morgan fingerprint density at radius 3 is 2.55 bits per heavy atom. The topological polar surface area (TPSA) is 44.1 Å². The second kappa shape index (κ2) is 8.30. The molecule has 31 heavy (non-hydrogen) atoms. The summed E-state index contributed by atoms with van der Waals surface area (Å²) in [7, 11) is 0. The maximum Gasteiger partial charge on any atom is 0.274 e. The summed E-state index contributed by atoms with van der Waals surface area (Å²) in [5.74, 6) is -0.173. The van der Waals surface area contributed by atoms with E-state index in [1.165, 1.54) is 12.1 Å². The lowest BCUT2D eigenvalue weighted by Gasteiger charge is -2.43. The molecule has 7 heteroatoms. The number of amides is 1. The van der Waals surface area contributed by atoms with E-state index in [0.717, 1.165) is 69.1 Å². The van der Waals surface area contributed by atoms with Crippen LogP contribution in [0.5, 0.6) is 0 Å². The molecule has 5 rings (SSSR count). The Morgan fingerprint density at radius 2 is 1.81 bits per heavy atom. The van der Waals surface area contributed by atoms with Crippen molar-refractivity contribution in [2.24, 2.45) is 0 Å². The van der Waals surface area contributed by atoms with Gasteiger partial charge in [0.1, 0.15) is 17.2 Å². The highest BCUT2D eigenvalue weighted by molar-refractivity contribution is 5.93. The van der Waals surface area contributed by atoms with Gasteiger partial charge in [0.2, 0.25) is 0 Å². The standard InChI is InChI=1S/C24H28FN5O/c1-18-4-2-6-23-26-22(17-30(18)23)24(31)29-11-3-5-21(16-29)28-14-12-27(13-15-28)20-9-7-19(25)8-10-20/h2,4,6-10,17,21H,3,5,11-16H2,1H3. The molecule has 1 atom stereocenters. The molecule has 1 unspecified atom stereocenters. The SMILES string of the molecule is Cc1cccc2nc(C(=O)N3CCCC(N4CCN(c5ccc(F)cc5)CC4)C3)cn12. The Kier molecular flexibility index (Phi) is 5.36. The zero-order valence-electron chi connectivity index (χ0n) is 17.9. The third kappa shape index (κ3) is 4.02. The van der Waals surface area contributed by atoms with Crippen LogP contribution in [0.1, 0.15) is 29.0 Å². The van der Waals surface area contributed by atoms with Crippen molar-refractivity contribution in [3.63, 3.8) is 0 Å². The molecule has 0 saturated carbocycles. The first kappa shape index (κ1) is 20.0. The molecule has 6 nitrogen and oxygen atoms in total.